The molecule has 4 nitrogen and oxygen atoms in total. The van der Waals surface area contributed by atoms with Gasteiger partial charge in [-0.15, -0.1) is 22.7 Å². The number of halogens is 1. The van der Waals surface area contributed by atoms with Crippen molar-refractivity contribution >= 4 is 87.2 Å². The molecule has 0 saturated heterocycles. The minimum Gasteiger partial charge on any atom is -0.423 e. The van der Waals surface area contributed by atoms with Crippen molar-refractivity contribution in [3.63, 3.8) is 0 Å². The van der Waals surface area contributed by atoms with E-state index >= 15 is 0 Å². The molecule has 0 atom stereocenters. The Morgan fingerprint density at radius 2 is 0.738 bits per heavy atom. The van der Waals surface area contributed by atoms with E-state index in [1.54, 1.807) is 17.4 Å². The first-order valence-corrected chi connectivity index (χ1v) is 28.9. The smallest absolute Gasteiger partial charge is 0.423 e. The zero-order valence-electron chi connectivity index (χ0n) is 42.8. The molecule has 80 heavy (non-hydrogen) atoms. The highest BCUT2D eigenvalue weighted by atomic mass is 35.5. The maximum Gasteiger partial charge on any atom is 0.489 e. The number of thiophene rings is 2. The van der Waals surface area contributed by atoms with E-state index in [9.17, 15) is 10.0 Å². The van der Waals surface area contributed by atoms with Crippen LogP contribution in [0.3, 0.4) is 0 Å². The van der Waals surface area contributed by atoms with Crippen molar-refractivity contribution in [2.24, 2.45) is 0 Å². The van der Waals surface area contributed by atoms with Gasteiger partial charge in [-0.25, -0.2) is 0 Å². The quantitative estimate of drug-likeness (QED) is 0.169. The second kappa shape index (κ2) is 18.1. The summed E-state index contributed by atoms with van der Waals surface area (Å²) in [5.41, 5.74) is 22.7. The van der Waals surface area contributed by atoms with Crippen molar-refractivity contribution < 1.29 is 10.0 Å². The number of pyridine rings is 2. The van der Waals surface area contributed by atoms with Gasteiger partial charge in [-0.05, 0) is 131 Å². The summed E-state index contributed by atoms with van der Waals surface area (Å²) in [6, 6.07) is 86.4. The van der Waals surface area contributed by atoms with Crippen molar-refractivity contribution in [1.82, 2.24) is 9.97 Å². The van der Waals surface area contributed by atoms with E-state index < -0.39 is 7.12 Å². The molecule has 376 valence electrons. The van der Waals surface area contributed by atoms with Gasteiger partial charge in [-0.3, -0.25) is 9.97 Å². The predicted octanol–water partition coefficient (Wildman–Crippen LogP) is 17.3. The van der Waals surface area contributed by atoms with Gasteiger partial charge in [0.25, 0.3) is 0 Å². The molecule has 0 radical (unpaired) electrons. The van der Waals surface area contributed by atoms with Crippen LogP contribution in [0.15, 0.2) is 255 Å². The van der Waals surface area contributed by atoms with E-state index in [1.807, 2.05) is 66.2 Å². The van der Waals surface area contributed by atoms with E-state index in [-0.39, 0.29) is 10.8 Å². The molecule has 4 aliphatic carbocycles. The standard InChI is InChI=1S/C36H21NS.C24H14ClN.C12H9BO2S/c1-4-14-29-24(9-1)25-10-2-5-15-30(25)36(29)31-19-18-22(21-28(31)34-32(36)16-8-20-37-34)23-12-7-13-27-26-11-3-6-17-33(26)38-35(23)27;25-15-11-12-21-18(14-15)23-22(10-5-13-26-23)24(21)19-8-3-1-6-16(19)17-7-2-4-9-20(17)24;14-13(15)10-6-3-5-9-8-4-1-2-7-11(8)16-12(9)10/h1-21H;1-14H;1-7,14-15H. The van der Waals surface area contributed by atoms with Gasteiger partial charge in [0, 0.05) is 63.5 Å². The molecule has 4 aromatic heterocycles. The third-order valence-electron chi connectivity index (χ3n) is 17.1. The van der Waals surface area contributed by atoms with Gasteiger partial charge in [0.05, 0.1) is 22.2 Å². The van der Waals surface area contributed by atoms with E-state index in [0.29, 0.717) is 5.46 Å². The summed E-state index contributed by atoms with van der Waals surface area (Å²) < 4.78 is 4.81. The average molecular weight is 1080 g/mol. The summed E-state index contributed by atoms with van der Waals surface area (Å²) >= 11 is 9.84. The number of nitrogens with zero attached hydrogens (tertiary/aromatic N) is 2. The van der Waals surface area contributed by atoms with Gasteiger partial charge in [0.1, 0.15) is 0 Å². The average Bonchev–Trinajstić information content (AvgIpc) is 4.53. The van der Waals surface area contributed by atoms with E-state index in [2.05, 4.69) is 194 Å². The third-order valence-corrected chi connectivity index (χ3v) is 19.8. The Morgan fingerprint density at radius 3 is 1.27 bits per heavy atom. The highest BCUT2D eigenvalue weighted by Gasteiger charge is 2.53. The zero-order chi connectivity index (χ0) is 53.3. The van der Waals surface area contributed by atoms with Gasteiger partial charge in [-0.1, -0.05) is 212 Å². The maximum absolute atomic E-state index is 9.31. The Labute approximate surface area is 475 Å². The Bertz CT molecular complexity index is 4800. The lowest BCUT2D eigenvalue weighted by Gasteiger charge is -2.30. The van der Waals surface area contributed by atoms with Crippen LogP contribution in [0.2, 0.25) is 5.02 Å². The van der Waals surface area contributed by atoms with Crippen LogP contribution in [0.5, 0.6) is 0 Å². The van der Waals surface area contributed by atoms with Gasteiger partial charge >= 0.3 is 7.12 Å². The number of fused-ring (bicyclic) bond motifs is 26. The first-order chi connectivity index (χ1) is 39.4. The number of aromatic nitrogens is 2. The number of benzene rings is 10. The molecule has 2 N–H and O–H groups in total. The molecule has 4 heterocycles. The molecule has 0 amide bonds. The van der Waals surface area contributed by atoms with E-state index in [0.717, 1.165) is 32.1 Å². The van der Waals surface area contributed by atoms with Gasteiger partial charge in [0.2, 0.25) is 0 Å². The molecular formula is C72H44BClN2O2S2. The highest BCUT2D eigenvalue weighted by Crippen LogP contribution is 2.64. The molecule has 18 rings (SSSR count). The van der Waals surface area contributed by atoms with Crippen LogP contribution >= 0.6 is 34.3 Å². The van der Waals surface area contributed by atoms with E-state index in [1.165, 1.54) is 114 Å². The SMILES string of the molecule is Clc1ccc2c(c1)-c1ncccc1C21c2ccccc2-c2ccccc21.OB(O)c1cccc2c1sc1ccccc12.c1ccc2c(c1)-c1ccccc1C21c2ccc(-c3cccc4c3sc3ccccc34)cc2-c2ncccc21. The first-order valence-electron chi connectivity index (χ1n) is 26.9. The maximum atomic E-state index is 9.31. The van der Waals surface area contributed by atoms with Crippen molar-refractivity contribution in [1.29, 1.82) is 0 Å². The minimum absolute atomic E-state index is 0.309. The second-order valence-corrected chi connectivity index (χ2v) is 23.4. The lowest BCUT2D eigenvalue weighted by Crippen LogP contribution is -2.29. The molecule has 2 spiro atoms. The summed E-state index contributed by atoms with van der Waals surface area (Å²) in [6.07, 6.45) is 3.81. The second-order valence-electron chi connectivity index (χ2n) is 20.9. The Balaban J connectivity index is 0.000000109. The van der Waals surface area contributed by atoms with Crippen molar-refractivity contribution in [2.45, 2.75) is 10.8 Å². The van der Waals surface area contributed by atoms with Crippen molar-refractivity contribution in [2.75, 3.05) is 0 Å². The van der Waals surface area contributed by atoms with Crippen LogP contribution in [0.4, 0.5) is 0 Å². The third kappa shape index (κ3) is 6.58. The molecule has 8 heteroatoms. The highest BCUT2D eigenvalue weighted by molar-refractivity contribution is 7.27. The molecular weight excluding hydrogens is 1040 g/mol. The van der Waals surface area contributed by atoms with Crippen LogP contribution in [-0.2, 0) is 10.8 Å². The normalized spacial score (nSPS) is 13.6. The number of hydrogen-bond donors (Lipinski definition) is 2. The topological polar surface area (TPSA) is 66.2 Å². The molecule has 14 aromatic rings. The molecule has 0 fully saturated rings. The van der Waals surface area contributed by atoms with E-state index in [4.69, 9.17) is 21.6 Å². The molecule has 0 unspecified atom stereocenters. The van der Waals surface area contributed by atoms with Crippen LogP contribution in [0.1, 0.15) is 44.5 Å². The summed E-state index contributed by atoms with van der Waals surface area (Å²) in [6.45, 7) is 0. The fourth-order valence-electron chi connectivity index (χ4n) is 14.0. The fraction of sp³-hybridized carbons (Fsp3) is 0.0278. The summed E-state index contributed by atoms with van der Waals surface area (Å²) in [5.74, 6) is 0. The Hall–Kier alpha value is -8.79. The Morgan fingerprint density at radius 1 is 0.338 bits per heavy atom. The largest absolute Gasteiger partial charge is 0.489 e. The Kier molecular flexibility index (Phi) is 10.7. The van der Waals surface area contributed by atoms with Crippen LogP contribution in [0.25, 0.3) is 96.2 Å². The molecule has 0 bridgehead atoms. The molecule has 4 aliphatic rings. The minimum atomic E-state index is -1.41. The summed E-state index contributed by atoms with van der Waals surface area (Å²) in [5, 5.41) is 24.3. The fourth-order valence-corrected chi connectivity index (χ4v) is 16.6. The lowest BCUT2D eigenvalue weighted by molar-refractivity contribution is 0.426. The van der Waals surface area contributed by atoms with Crippen LogP contribution in [-0.4, -0.2) is 27.1 Å². The summed E-state index contributed by atoms with van der Waals surface area (Å²) in [7, 11) is -1.41. The summed E-state index contributed by atoms with van der Waals surface area (Å²) in [4.78, 5) is 9.75. The van der Waals surface area contributed by atoms with Crippen molar-refractivity contribution in [3.05, 3.63) is 305 Å². The monoisotopic (exact) mass is 1080 g/mol. The molecule has 0 aliphatic heterocycles. The predicted molar refractivity (Wildman–Crippen MR) is 334 cm³/mol. The number of rotatable bonds is 2. The van der Waals surface area contributed by atoms with Gasteiger partial charge in [0.15, 0.2) is 0 Å². The zero-order valence-corrected chi connectivity index (χ0v) is 45.2. The number of hydrogen-bond acceptors (Lipinski definition) is 6. The van der Waals surface area contributed by atoms with Gasteiger partial charge in [-0.2, -0.15) is 0 Å². The molecule has 0 saturated carbocycles. The lowest BCUT2D eigenvalue weighted by atomic mass is 9.71. The van der Waals surface area contributed by atoms with Crippen LogP contribution in [0, 0.1) is 0 Å². The van der Waals surface area contributed by atoms with Crippen molar-refractivity contribution in [3.8, 4) is 55.9 Å². The van der Waals surface area contributed by atoms with Crippen LogP contribution < -0.4 is 5.46 Å². The first kappa shape index (κ1) is 47.2. The molecule has 10 aromatic carbocycles. The van der Waals surface area contributed by atoms with Gasteiger partial charge < -0.3 is 10.0 Å².